The molecule has 0 aromatic carbocycles. The smallest absolute Gasteiger partial charge is 0.449 e. The summed E-state index contributed by atoms with van der Waals surface area (Å²) in [7, 11) is -4.53. The van der Waals surface area contributed by atoms with E-state index in [4.69, 9.17) is 4.55 Å². The third kappa shape index (κ3) is 7.70. The molecule has 0 aromatic rings. The van der Waals surface area contributed by atoms with Gasteiger partial charge in [0.2, 0.25) is 0 Å². The molecular weight excluding hydrogens is 204 g/mol. The molecule has 0 rings (SSSR count). The van der Waals surface area contributed by atoms with E-state index in [1.165, 1.54) is 0 Å². The lowest BCUT2D eigenvalue weighted by Crippen LogP contribution is -2.13. The molecule has 0 aromatic heterocycles. The predicted octanol–water partition coefficient (Wildman–Crippen LogP) is 0.907. The summed E-state index contributed by atoms with van der Waals surface area (Å²) in [6.45, 7) is 2.22. The van der Waals surface area contributed by atoms with Crippen molar-refractivity contribution >= 4 is 27.9 Å². The minimum atomic E-state index is -4.53. The van der Waals surface area contributed by atoms with Crippen LogP contribution in [0.15, 0.2) is 0 Å². The summed E-state index contributed by atoms with van der Waals surface area (Å²) < 4.78 is 36.7. The fourth-order valence-corrected chi connectivity index (χ4v) is 0.971. The van der Waals surface area contributed by atoms with Crippen LogP contribution in [0.3, 0.4) is 0 Å². The molecular formula is C5H10O5S2. The van der Waals surface area contributed by atoms with Crippen LogP contribution in [-0.4, -0.2) is 24.8 Å². The topological polar surface area (TPSA) is 72.8 Å². The Balaban J connectivity index is 3.62. The van der Waals surface area contributed by atoms with Gasteiger partial charge in [-0.2, -0.15) is 8.42 Å². The van der Waals surface area contributed by atoms with Crippen molar-refractivity contribution in [3.63, 3.8) is 0 Å². The largest absolute Gasteiger partial charge is 0.456 e. The summed E-state index contributed by atoms with van der Waals surface area (Å²) in [4.78, 5) is 0. The molecule has 0 bridgehead atoms. The molecule has 0 saturated carbocycles. The van der Waals surface area contributed by atoms with Crippen molar-refractivity contribution in [2.75, 3.05) is 6.61 Å². The number of unbranched alkanes of at least 4 members (excludes halogenated alkanes) is 1. The van der Waals surface area contributed by atoms with E-state index in [0.29, 0.717) is 0 Å². The van der Waals surface area contributed by atoms with Gasteiger partial charge in [-0.1, -0.05) is 13.3 Å². The molecule has 0 amide bonds. The van der Waals surface area contributed by atoms with E-state index in [2.05, 4.69) is 21.1 Å². The Morgan fingerprint density at radius 2 is 2.17 bits per heavy atom. The van der Waals surface area contributed by atoms with Crippen molar-refractivity contribution in [2.45, 2.75) is 19.8 Å². The van der Waals surface area contributed by atoms with Gasteiger partial charge in [-0.3, -0.25) is 4.55 Å². The predicted molar refractivity (Wildman–Crippen MR) is 46.1 cm³/mol. The summed E-state index contributed by atoms with van der Waals surface area (Å²) >= 11 is 4.33. The molecule has 7 heteroatoms. The van der Waals surface area contributed by atoms with E-state index in [-0.39, 0.29) is 6.61 Å². The highest BCUT2D eigenvalue weighted by Crippen LogP contribution is 1.95. The highest BCUT2D eigenvalue weighted by atomic mass is 32.3. The van der Waals surface area contributed by atoms with Crippen LogP contribution in [0.4, 0.5) is 0 Å². The van der Waals surface area contributed by atoms with Gasteiger partial charge in [0.25, 0.3) is 0 Å². The average Bonchev–Trinajstić information content (AvgIpc) is 1.84. The van der Waals surface area contributed by atoms with E-state index >= 15 is 0 Å². The van der Waals surface area contributed by atoms with Crippen LogP contribution in [0, 0.1) is 0 Å². The van der Waals surface area contributed by atoms with Gasteiger partial charge in [-0.25, -0.2) is 0 Å². The third-order valence-corrected chi connectivity index (χ3v) is 1.56. The molecule has 1 N–H and O–H groups in total. The molecule has 0 radical (unpaired) electrons. The van der Waals surface area contributed by atoms with E-state index in [1.54, 1.807) is 0 Å². The zero-order chi connectivity index (χ0) is 9.61. The second kappa shape index (κ2) is 5.28. The molecule has 0 saturated heterocycles. The summed E-state index contributed by atoms with van der Waals surface area (Å²) in [5.41, 5.74) is 0. The minimum Gasteiger partial charge on any atom is -0.456 e. The van der Waals surface area contributed by atoms with Crippen LogP contribution in [0.2, 0.25) is 0 Å². The van der Waals surface area contributed by atoms with Crippen LogP contribution in [0.5, 0.6) is 0 Å². The fourth-order valence-electron chi connectivity index (χ4n) is 0.410. The lowest BCUT2D eigenvalue weighted by molar-refractivity contribution is 0.234. The average molecular weight is 214 g/mol. The number of rotatable bonds is 4. The van der Waals surface area contributed by atoms with Gasteiger partial charge in [0, 0.05) is 12.2 Å². The van der Waals surface area contributed by atoms with E-state index in [1.807, 2.05) is 6.92 Å². The van der Waals surface area contributed by atoms with Crippen molar-refractivity contribution < 1.29 is 21.9 Å². The summed E-state index contributed by atoms with van der Waals surface area (Å²) in [5.74, 6) is 0. The SMILES string of the molecule is CCCCOC(=S)OS(=O)(=O)O. The first-order chi connectivity index (χ1) is 5.45. The number of ether oxygens (including phenoxy) is 1. The summed E-state index contributed by atoms with van der Waals surface area (Å²) in [6.07, 6.45) is 1.64. The Kier molecular flexibility index (Phi) is 5.11. The molecule has 0 aliphatic carbocycles. The van der Waals surface area contributed by atoms with Crippen LogP contribution < -0.4 is 0 Å². The van der Waals surface area contributed by atoms with Gasteiger partial charge in [0.1, 0.15) is 0 Å². The van der Waals surface area contributed by atoms with Crippen molar-refractivity contribution in [3.05, 3.63) is 0 Å². The maximum absolute atomic E-state index is 10.0. The minimum absolute atomic E-state index is 0.283. The summed E-state index contributed by atoms with van der Waals surface area (Å²) in [6, 6.07) is 0. The second-order valence-corrected chi connectivity index (χ2v) is 3.32. The first-order valence-corrected chi connectivity index (χ1v) is 5.06. The van der Waals surface area contributed by atoms with Gasteiger partial charge in [-0.05, 0) is 6.42 Å². The maximum atomic E-state index is 10.0. The first kappa shape index (κ1) is 11.6. The molecule has 5 nitrogen and oxygen atoms in total. The molecule has 0 atom stereocenters. The van der Waals surface area contributed by atoms with E-state index in [0.717, 1.165) is 12.8 Å². The molecule has 0 aliphatic heterocycles. The normalized spacial score (nSPS) is 10.8. The monoisotopic (exact) mass is 214 g/mol. The van der Waals surface area contributed by atoms with Gasteiger partial charge < -0.3 is 8.92 Å². The number of thiocarbonyl (C=S) groups is 1. The molecule has 0 unspecified atom stereocenters. The molecule has 0 fully saturated rings. The van der Waals surface area contributed by atoms with Gasteiger partial charge in [-0.15, -0.1) is 0 Å². The van der Waals surface area contributed by atoms with Crippen LogP contribution >= 0.6 is 12.2 Å². The lowest BCUT2D eigenvalue weighted by Gasteiger charge is -2.04. The fraction of sp³-hybridized carbons (Fsp3) is 0.800. The second-order valence-electron chi connectivity index (χ2n) is 1.96. The lowest BCUT2D eigenvalue weighted by atomic mass is 10.4. The quantitative estimate of drug-likeness (QED) is 0.426. The molecule has 72 valence electrons. The maximum Gasteiger partial charge on any atom is 0.449 e. The third-order valence-electron chi connectivity index (χ3n) is 0.891. The highest BCUT2D eigenvalue weighted by molar-refractivity contribution is 7.84. The molecule has 12 heavy (non-hydrogen) atoms. The first-order valence-electron chi connectivity index (χ1n) is 3.29. The van der Waals surface area contributed by atoms with Gasteiger partial charge in [0.15, 0.2) is 0 Å². The molecule has 0 heterocycles. The Labute approximate surface area is 76.6 Å². The van der Waals surface area contributed by atoms with Crippen molar-refractivity contribution in [1.29, 1.82) is 0 Å². The van der Waals surface area contributed by atoms with Gasteiger partial charge >= 0.3 is 15.6 Å². The molecule has 0 spiro atoms. The Bertz CT molecular complexity index is 232. The number of hydrogen-bond donors (Lipinski definition) is 1. The standard InChI is InChI=1S/C5H10O5S2/c1-2-3-4-9-5(11)10-12(6,7)8/h2-4H2,1H3,(H,6,7,8). The van der Waals surface area contributed by atoms with Crippen molar-refractivity contribution in [2.24, 2.45) is 0 Å². The van der Waals surface area contributed by atoms with Crippen LogP contribution in [0.1, 0.15) is 19.8 Å². The van der Waals surface area contributed by atoms with E-state index in [9.17, 15) is 8.42 Å². The van der Waals surface area contributed by atoms with E-state index < -0.39 is 15.6 Å². The zero-order valence-corrected chi connectivity index (χ0v) is 8.15. The molecule has 0 aliphatic rings. The Hall–Kier alpha value is -0.400. The Morgan fingerprint density at radius 3 is 2.58 bits per heavy atom. The summed E-state index contributed by atoms with van der Waals surface area (Å²) in [5, 5.41) is -0.578. The van der Waals surface area contributed by atoms with Gasteiger partial charge in [0.05, 0.1) is 6.61 Å². The van der Waals surface area contributed by atoms with Crippen LogP contribution in [-0.2, 0) is 19.3 Å². The zero-order valence-electron chi connectivity index (χ0n) is 6.52. The van der Waals surface area contributed by atoms with Crippen molar-refractivity contribution in [1.82, 2.24) is 0 Å². The highest BCUT2D eigenvalue weighted by Gasteiger charge is 2.09. The van der Waals surface area contributed by atoms with Crippen LogP contribution in [0.25, 0.3) is 0 Å². The van der Waals surface area contributed by atoms with Crippen molar-refractivity contribution in [3.8, 4) is 0 Å². The number of hydrogen-bond acceptors (Lipinski definition) is 5. The Morgan fingerprint density at radius 1 is 1.58 bits per heavy atom.